The third-order valence-electron chi connectivity index (χ3n) is 14.3. The first kappa shape index (κ1) is 30.8. The van der Waals surface area contributed by atoms with E-state index in [0.717, 1.165) is 23.7 Å². The predicted molar refractivity (Wildman–Crippen MR) is 223 cm³/mol. The lowest BCUT2D eigenvalue weighted by atomic mass is 9.43. The Labute approximate surface area is 319 Å². The first-order valence-electron chi connectivity index (χ1n) is 20.2. The van der Waals surface area contributed by atoms with Crippen molar-refractivity contribution in [3.8, 4) is 44.5 Å². The molecule has 6 aliphatic rings. The van der Waals surface area contributed by atoms with Crippen molar-refractivity contribution in [2.45, 2.75) is 43.6 Å². The Kier molecular flexibility index (Phi) is 6.65. The molecule has 1 nitrogen and oxygen atoms in total. The van der Waals surface area contributed by atoms with Gasteiger partial charge in [0.15, 0.2) is 0 Å². The summed E-state index contributed by atoms with van der Waals surface area (Å²) in [5, 5.41) is 0. The fourth-order valence-corrected chi connectivity index (χ4v) is 12.5. The number of nitrogens with zero attached hydrogens (tertiary/aromatic N) is 1. The zero-order valence-corrected chi connectivity index (χ0v) is 30.5. The lowest BCUT2D eigenvalue weighted by Gasteiger charge is -2.61. The van der Waals surface area contributed by atoms with Gasteiger partial charge in [-0.05, 0) is 153 Å². The minimum absolute atomic E-state index is 0.0545. The molecule has 1 heteroatoms. The van der Waals surface area contributed by atoms with Crippen LogP contribution in [0.5, 0.6) is 0 Å². The van der Waals surface area contributed by atoms with E-state index < -0.39 is 0 Å². The number of anilines is 2. The molecule has 4 fully saturated rings. The molecule has 0 radical (unpaired) electrons. The van der Waals surface area contributed by atoms with Crippen molar-refractivity contribution in [2.75, 3.05) is 4.90 Å². The Bertz CT molecular complexity index is 2500. The van der Waals surface area contributed by atoms with E-state index in [1.807, 2.05) is 0 Å². The van der Waals surface area contributed by atoms with E-state index in [-0.39, 0.29) is 11.5 Å². The van der Waals surface area contributed by atoms with Crippen LogP contribution in [-0.4, -0.2) is 0 Å². The second-order valence-electron chi connectivity index (χ2n) is 16.9. The van der Waals surface area contributed by atoms with Gasteiger partial charge in [0.2, 0.25) is 0 Å². The van der Waals surface area contributed by atoms with Gasteiger partial charge < -0.3 is 4.90 Å². The topological polar surface area (TPSA) is 3.24 Å². The van der Waals surface area contributed by atoms with Crippen LogP contribution in [0.25, 0.3) is 44.5 Å². The molecule has 0 N–H and O–H groups in total. The first-order chi connectivity index (χ1) is 26.7. The maximum Gasteiger partial charge on any atom is 0.0856 e. The second-order valence-corrected chi connectivity index (χ2v) is 16.9. The summed E-state index contributed by atoms with van der Waals surface area (Å²) in [4.78, 5) is 2.58. The highest BCUT2D eigenvalue weighted by Crippen LogP contribution is 2.69. The van der Waals surface area contributed by atoms with Gasteiger partial charge in [0.05, 0.1) is 6.04 Å². The van der Waals surface area contributed by atoms with Gasteiger partial charge in [0, 0.05) is 16.8 Å². The van der Waals surface area contributed by atoms with E-state index in [4.69, 9.17) is 0 Å². The maximum atomic E-state index is 2.58. The summed E-state index contributed by atoms with van der Waals surface area (Å²) in [5.74, 6) is 3.47. The third-order valence-corrected chi connectivity index (χ3v) is 14.3. The summed E-state index contributed by atoms with van der Waals surface area (Å²) < 4.78 is 0. The van der Waals surface area contributed by atoms with Crippen molar-refractivity contribution in [2.24, 2.45) is 23.7 Å². The molecular formula is C53H43N. The van der Waals surface area contributed by atoms with Gasteiger partial charge in [-0.25, -0.2) is 0 Å². The Balaban J connectivity index is 0.997. The zero-order chi connectivity index (χ0) is 35.4. The normalized spacial score (nSPS) is 23.9. The maximum absolute atomic E-state index is 2.58. The fraction of sp³-hybridized carbons (Fsp3) is 0.208. The van der Waals surface area contributed by atoms with Crippen molar-refractivity contribution < 1.29 is 0 Å². The first-order valence-corrected chi connectivity index (χ1v) is 20.2. The van der Waals surface area contributed by atoms with Gasteiger partial charge in [-0.1, -0.05) is 140 Å². The van der Waals surface area contributed by atoms with E-state index in [1.165, 1.54) is 99.1 Å². The molecule has 0 heterocycles. The quantitative estimate of drug-likeness (QED) is 0.173. The van der Waals surface area contributed by atoms with Crippen LogP contribution in [0.1, 0.15) is 60.4 Å². The highest BCUT2D eigenvalue weighted by atomic mass is 15.2. The van der Waals surface area contributed by atoms with Crippen LogP contribution < -0.4 is 4.90 Å². The van der Waals surface area contributed by atoms with Gasteiger partial charge in [-0.15, -0.1) is 0 Å². The molecule has 0 saturated heterocycles. The number of hydrogen-bond donors (Lipinski definition) is 0. The van der Waals surface area contributed by atoms with Crippen molar-refractivity contribution in [1.29, 1.82) is 0 Å². The zero-order valence-electron chi connectivity index (χ0n) is 30.5. The van der Waals surface area contributed by atoms with Crippen LogP contribution in [-0.2, 0) is 5.41 Å². The van der Waals surface area contributed by atoms with Crippen molar-refractivity contribution >= 4 is 11.4 Å². The van der Waals surface area contributed by atoms with E-state index in [2.05, 4.69) is 175 Å². The molecule has 6 aliphatic carbocycles. The highest BCUT2D eigenvalue weighted by molar-refractivity contribution is 5.87. The second kappa shape index (κ2) is 11.7. The van der Waals surface area contributed by atoms with Gasteiger partial charge in [0.1, 0.15) is 0 Å². The molecule has 260 valence electrons. The van der Waals surface area contributed by atoms with Crippen LogP contribution in [0.4, 0.5) is 11.4 Å². The third kappa shape index (κ3) is 4.33. The Morgan fingerprint density at radius 3 is 1.61 bits per heavy atom. The minimum atomic E-state index is 0.0545. The summed E-state index contributed by atoms with van der Waals surface area (Å²) in [6, 6.07) is 64.3. The predicted octanol–water partition coefficient (Wildman–Crippen LogP) is 13.7. The molecule has 4 saturated carbocycles. The van der Waals surface area contributed by atoms with E-state index in [9.17, 15) is 0 Å². The van der Waals surface area contributed by atoms with Crippen molar-refractivity contribution in [3.05, 3.63) is 192 Å². The number of hydrogen-bond acceptors (Lipinski definition) is 1. The largest absolute Gasteiger partial charge is 0.330 e. The van der Waals surface area contributed by atoms with E-state index in [0.29, 0.717) is 0 Å². The standard InChI is InChI=1S/C53H43N/c1-2-11-36(12-3-1)37-21-24-42(25-22-37)54(52-47-18-6-4-15-44(47)45-16-5-7-19-48(45)52)43-14-10-13-38(32-43)39-23-26-51-49(33-39)46-17-8-9-20-50(46)53(51)40-28-34-27-35(30-40)31-41(53)29-34/h1-26,32-35,40-41,52H,27-31H2. The van der Waals surface area contributed by atoms with E-state index >= 15 is 0 Å². The van der Waals surface area contributed by atoms with Crippen LogP contribution in [0.3, 0.4) is 0 Å². The summed E-state index contributed by atoms with van der Waals surface area (Å²) in [6.07, 6.45) is 7.15. The molecule has 54 heavy (non-hydrogen) atoms. The Hall–Kier alpha value is -5.66. The molecular weight excluding hydrogens is 651 g/mol. The van der Waals surface area contributed by atoms with Gasteiger partial charge >= 0.3 is 0 Å². The van der Waals surface area contributed by atoms with Gasteiger partial charge in [0.25, 0.3) is 0 Å². The monoisotopic (exact) mass is 693 g/mol. The van der Waals surface area contributed by atoms with Gasteiger partial charge in [-0.2, -0.15) is 0 Å². The number of benzene rings is 7. The van der Waals surface area contributed by atoms with Gasteiger partial charge in [-0.3, -0.25) is 0 Å². The summed E-state index contributed by atoms with van der Waals surface area (Å²) in [7, 11) is 0. The summed E-state index contributed by atoms with van der Waals surface area (Å²) in [6.45, 7) is 0. The molecule has 7 aromatic carbocycles. The number of fused-ring (bicyclic) bond motifs is 6. The molecule has 0 aromatic heterocycles. The van der Waals surface area contributed by atoms with Crippen molar-refractivity contribution in [1.82, 2.24) is 0 Å². The number of rotatable bonds is 5. The van der Waals surface area contributed by atoms with E-state index in [1.54, 1.807) is 11.1 Å². The van der Waals surface area contributed by atoms with Crippen LogP contribution in [0.15, 0.2) is 170 Å². The molecule has 7 aromatic rings. The highest BCUT2D eigenvalue weighted by Gasteiger charge is 2.61. The summed E-state index contributed by atoms with van der Waals surface area (Å²) in [5.41, 5.74) is 19.2. The lowest BCUT2D eigenvalue weighted by molar-refractivity contribution is -0.0399. The summed E-state index contributed by atoms with van der Waals surface area (Å²) >= 11 is 0. The molecule has 1 spiro atoms. The average Bonchev–Trinajstić information content (AvgIpc) is 3.71. The van der Waals surface area contributed by atoms with Crippen molar-refractivity contribution in [3.63, 3.8) is 0 Å². The van der Waals surface area contributed by atoms with Crippen LogP contribution >= 0.6 is 0 Å². The SMILES string of the molecule is c1ccc(-c2ccc(N(c3cccc(-c4ccc5c(c4)-c4ccccc4C54C5CC6CC(C5)CC4C6)c3)C3c4ccccc4-c4ccccc43)cc2)cc1. The molecule has 0 amide bonds. The Morgan fingerprint density at radius 1 is 0.370 bits per heavy atom. The molecule has 0 aliphatic heterocycles. The van der Waals surface area contributed by atoms with Crippen LogP contribution in [0.2, 0.25) is 0 Å². The van der Waals surface area contributed by atoms with Crippen LogP contribution in [0, 0.1) is 23.7 Å². The minimum Gasteiger partial charge on any atom is -0.330 e. The Morgan fingerprint density at radius 2 is 0.907 bits per heavy atom. The fourth-order valence-electron chi connectivity index (χ4n) is 12.5. The lowest BCUT2D eigenvalue weighted by Crippen LogP contribution is -2.55. The smallest absolute Gasteiger partial charge is 0.0856 e. The molecule has 13 rings (SSSR count). The molecule has 0 unspecified atom stereocenters. The molecule has 4 bridgehead atoms. The molecule has 0 atom stereocenters. The average molecular weight is 694 g/mol.